The van der Waals surface area contributed by atoms with E-state index in [2.05, 4.69) is 0 Å². The van der Waals surface area contributed by atoms with Gasteiger partial charge in [0.05, 0.1) is 44.0 Å². The van der Waals surface area contributed by atoms with Gasteiger partial charge in [-0.15, -0.1) is 0 Å². The van der Waals surface area contributed by atoms with Crippen molar-refractivity contribution in [3.8, 4) is 0 Å². The van der Waals surface area contributed by atoms with Gasteiger partial charge in [-0.1, -0.05) is 27.7 Å². The number of ketones is 2. The van der Waals surface area contributed by atoms with E-state index in [9.17, 15) is 24.3 Å². The normalized spacial score (nSPS) is 44.2. The van der Waals surface area contributed by atoms with E-state index in [0.717, 1.165) is 0 Å². The van der Waals surface area contributed by atoms with Gasteiger partial charge in [-0.3, -0.25) is 19.2 Å². The number of esters is 2. The maximum Gasteiger partial charge on any atom is 0.309 e. The average Bonchev–Trinajstić information content (AvgIpc) is 3.33. The molecule has 5 rings (SSSR count). The minimum atomic E-state index is -1.48. The molecule has 0 aromatic carbocycles. The van der Waals surface area contributed by atoms with Crippen molar-refractivity contribution in [2.45, 2.75) is 71.5 Å². The quantitative estimate of drug-likeness (QED) is 0.510. The molecule has 1 aromatic rings. The molecule has 1 aromatic heterocycles. The topological polar surface area (TPSA) is 120 Å². The van der Waals surface area contributed by atoms with Crippen LogP contribution in [0.25, 0.3) is 0 Å². The maximum absolute atomic E-state index is 13.9. The molecule has 0 spiro atoms. The molecule has 1 saturated heterocycles. The van der Waals surface area contributed by atoms with Gasteiger partial charge in [-0.2, -0.15) is 0 Å². The molecule has 0 radical (unpaired) electrons. The van der Waals surface area contributed by atoms with Crippen LogP contribution in [0.4, 0.5) is 0 Å². The van der Waals surface area contributed by atoms with Crippen LogP contribution in [0.5, 0.6) is 0 Å². The lowest BCUT2D eigenvalue weighted by atomic mass is 9.37. The molecular formula is C27H34O8. The summed E-state index contributed by atoms with van der Waals surface area (Å²) in [5.74, 6) is -3.53. The van der Waals surface area contributed by atoms with Crippen molar-refractivity contribution in [3.05, 3.63) is 24.2 Å². The molecule has 3 aliphatic carbocycles. The Kier molecular flexibility index (Phi) is 5.20. The number of methoxy groups -OCH3 is 1. The molecule has 1 aliphatic heterocycles. The van der Waals surface area contributed by atoms with Crippen molar-refractivity contribution >= 4 is 23.5 Å². The number of carbonyl (C=O) groups excluding carboxylic acids is 4. The molecule has 8 unspecified atom stereocenters. The average molecular weight is 487 g/mol. The van der Waals surface area contributed by atoms with Gasteiger partial charge in [0, 0.05) is 21.8 Å². The maximum atomic E-state index is 13.9. The van der Waals surface area contributed by atoms with Crippen LogP contribution in [0.15, 0.2) is 23.0 Å². The Balaban J connectivity index is 1.64. The summed E-state index contributed by atoms with van der Waals surface area (Å²) in [7, 11) is 1.30. The summed E-state index contributed by atoms with van der Waals surface area (Å²) in [5, 5.41) is 12.4. The van der Waals surface area contributed by atoms with Gasteiger partial charge in [0.25, 0.3) is 0 Å². The summed E-state index contributed by atoms with van der Waals surface area (Å²) in [5.41, 5.74) is -3.54. The smallest absolute Gasteiger partial charge is 0.309 e. The molecule has 1 N–H and O–H groups in total. The number of Topliss-reactive ketones (excluding diaryl/α,β-unsaturated/α-hetero) is 2. The van der Waals surface area contributed by atoms with Crippen LogP contribution in [0.2, 0.25) is 0 Å². The highest BCUT2D eigenvalue weighted by Gasteiger charge is 2.74. The third-order valence-corrected chi connectivity index (χ3v) is 10.4. The highest BCUT2D eigenvalue weighted by Crippen LogP contribution is 2.70. The first-order valence-corrected chi connectivity index (χ1v) is 12.4. The van der Waals surface area contributed by atoms with E-state index >= 15 is 0 Å². The first kappa shape index (κ1) is 24.2. The summed E-state index contributed by atoms with van der Waals surface area (Å²) in [6, 6.07) is 1.74. The number of hydrogen-bond donors (Lipinski definition) is 1. The van der Waals surface area contributed by atoms with Crippen LogP contribution in [0.3, 0.4) is 0 Å². The first-order chi connectivity index (χ1) is 16.3. The Morgan fingerprint density at radius 3 is 2.49 bits per heavy atom. The lowest BCUT2D eigenvalue weighted by Gasteiger charge is -2.67. The summed E-state index contributed by atoms with van der Waals surface area (Å²) in [6.45, 7) is 7.42. The predicted octanol–water partition coefficient (Wildman–Crippen LogP) is 3.41. The minimum Gasteiger partial charge on any atom is -0.472 e. The fourth-order valence-electron chi connectivity index (χ4n) is 8.44. The van der Waals surface area contributed by atoms with Crippen molar-refractivity contribution in [2.75, 3.05) is 7.11 Å². The van der Waals surface area contributed by atoms with E-state index in [1.807, 2.05) is 27.7 Å². The standard InChI is InChI=1S/C27H34O8/c1-24(2)18(11-19(28)33-5)26(4)16-6-8-25(3)23(14-7-9-34-13-14)35-20(29)12-27(25,32)17(16)10-15(21(24)30)22(26)31/h7,9,13,15-18,23,32H,6,8,10-12H2,1-5H3. The number of hydrogen-bond acceptors (Lipinski definition) is 8. The first-order valence-electron chi connectivity index (χ1n) is 12.4. The molecule has 2 heterocycles. The number of carbonyl (C=O) groups is 4. The molecule has 190 valence electrons. The van der Waals surface area contributed by atoms with Gasteiger partial charge in [0.15, 0.2) is 0 Å². The lowest BCUT2D eigenvalue weighted by Crippen LogP contribution is -2.72. The highest BCUT2D eigenvalue weighted by molar-refractivity contribution is 6.10. The Hall–Kier alpha value is -2.48. The van der Waals surface area contributed by atoms with Crippen molar-refractivity contribution in [2.24, 2.45) is 39.9 Å². The van der Waals surface area contributed by atoms with Crippen LogP contribution >= 0.6 is 0 Å². The Morgan fingerprint density at radius 2 is 1.86 bits per heavy atom. The van der Waals surface area contributed by atoms with Crippen LogP contribution in [0, 0.1) is 39.9 Å². The van der Waals surface area contributed by atoms with Gasteiger partial charge in [-0.25, -0.2) is 0 Å². The molecule has 2 bridgehead atoms. The zero-order chi connectivity index (χ0) is 25.6. The number of rotatable bonds is 3. The molecule has 35 heavy (non-hydrogen) atoms. The molecule has 8 heteroatoms. The number of cyclic esters (lactones) is 1. The van der Waals surface area contributed by atoms with Crippen molar-refractivity contribution in [3.63, 3.8) is 0 Å². The van der Waals surface area contributed by atoms with Gasteiger partial charge in [0.2, 0.25) is 0 Å². The summed E-state index contributed by atoms with van der Waals surface area (Å²) >= 11 is 0. The molecule has 8 nitrogen and oxygen atoms in total. The minimum absolute atomic E-state index is 0.0528. The number of ether oxygens (including phenoxy) is 2. The summed E-state index contributed by atoms with van der Waals surface area (Å²) in [6.07, 6.45) is 3.40. The van der Waals surface area contributed by atoms with E-state index in [-0.39, 0.29) is 36.7 Å². The molecule has 8 atom stereocenters. The third kappa shape index (κ3) is 2.95. The Morgan fingerprint density at radius 1 is 1.14 bits per heavy atom. The van der Waals surface area contributed by atoms with Gasteiger partial charge in [-0.05, 0) is 43.1 Å². The zero-order valence-corrected chi connectivity index (χ0v) is 21.0. The van der Waals surface area contributed by atoms with Crippen LogP contribution in [-0.4, -0.2) is 41.3 Å². The van der Waals surface area contributed by atoms with Crippen molar-refractivity contribution in [1.29, 1.82) is 0 Å². The van der Waals surface area contributed by atoms with Crippen LogP contribution < -0.4 is 0 Å². The van der Waals surface area contributed by atoms with Gasteiger partial charge >= 0.3 is 11.9 Å². The molecule has 3 saturated carbocycles. The lowest BCUT2D eigenvalue weighted by molar-refractivity contribution is -0.269. The fraction of sp³-hybridized carbons (Fsp3) is 0.704. The number of fused-ring (bicyclic) bond motifs is 6. The second-order valence-corrected chi connectivity index (χ2v) is 12.1. The van der Waals surface area contributed by atoms with E-state index in [0.29, 0.717) is 18.4 Å². The van der Waals surface area contributed by atoms with E-state index in [1.165, 1.54) is 19.6 Å². The van der Waals surface area contributed by atoms with E-state index in [4.69, 9.17) is 13.9 Å². The molecule has 0 amide bonds. The molecular weight excluding hydrogens is 452 g/mol. The Labute approximate surface area is 204 Å². The van der Waals surface area contributed by atoms with Crippen molar-refractivity contribution in [1.82, 2.24) is 0 Å². The Bertz CT molecular complexity index is 1090. The van der Waals surface area contributed by atoms with Crippen LogP contribution in [-0.2, 0) is 28.7 Å². The molecule has 4 aliphatic rings. The van der Waals surface area contributed by atoms with Gasteiger partial charge < -0.3 is 19.0 Å². The predicted molar refractivity (Wildman–Crippen MR) is 122 cm³/mol. The van der Waals surface area contributed by atoms with Gasteiger partial charge in [0.1, 0.15) is 17.7 Å². The van der Waals surface area contributed by atoms with Crippen molar-refractivity contribution < 1.29 is 38.2 Å². The fourth-order valence-corrected chi connectivity index (χ4v) is 8.44. The SMILES string of the molecule is COC(=O)CC1C(C)(C)C(=O)C2CC3C(CCC4(C)C(c5ccoc5)OC(=O)CC34O)C1(C)C2=O. The largest absolute Gasteiger partial charge is 0.472 e. The zero-order valence-electron chi connectivity index (χ0n) is 21.0. The number of aliphatic hydroxyl groups is 1. The molecule has 4 fully saturated rings. The van der Waals surface area contributed by atoms with Crippen LogP contribution in [0.1, 0.15) is 71.5 Å². The summed E-state index contributed by atoms with van der Waals surface area (Å²) < 4.78 is 16.0. The summed E-state index contributed by atoms with van der Waals surface area (Å²) in [4.78, 5) is 52.8. The van der Waals surface area contributed by atoms with E-state index < -0.39 is 57.6 Å². The second-order valence-electron chi connectivity index (χ2n) is 12.1. The highest BCUT2D eigenvalue weighted by atomic mass is 16.6. The van der Waals surface area contributed by atoms with E-state index in [1.54, 1.807) is 6.07 Å². The third-order valence-electron chi connectivity index (χ3n) is 10.4. The monoisotopic (exact) mass is 486 g/mol. The second kappa shape index (κ2) is 7.51. The number of furan rings is 1.